The SMILES string of the molecule is C[C@]12CC[C@H]3[C@@H](CCC4CC(O)(O)CC[C@@]43C)[C@@H]1CC(=O)C2. The van der Waals surface area contributed by atoms with Gasteiger partial charge in [-0.2, -0.15) is 0 Å². The van der Waals surface area contributed by atoms with Gasteiger partial charge in [-0.25, -0.2) is 0 Å². The Labute approximate surface area is 133 Å². The van der Waals surface area contributed by atoms with Crippen LogP contribution in [-0.2, 0) is 4.79 Å². The quantitative estimate of drug-likeness (QED) is 0.675. The van der Waals surface area contributed by atoms with E-state index >= 15 is 0 Å². The van der Waals surface area contributed by atoms with Crippen molar-refractivity contribution in [2.24, 2.45) is 34.5 Å². The second-order valence-electron chi connectivity index (χ2n) is 9.46. The molecule has 4 rings (SSSR count). The van der Waals surface area contributed by atoms with E-state index in [1.807, 2.05) is 0 Å². The van der Waals surface area contributed by atoms with E-state index < -0.39 is 5.79 Å². The van der Waals surface area contributed by atoms with Gasteiger partial charge in [0.2, 0.25) is 0 Å². The summed E-state index contributed by atoms with van der Waals surface area (Å²) in [6, 6.07) is 0. The van der Waals surface area contributed by atoms with Crippen molar-refractivity contribution in [1.29, 1.82) is 0 Å². The number of fused-ring (bicyclic) bond motifs is 5. The third-order valence-electron chi connectivity index (χ3n) is 8.27. The van der Waals surface area contributed by atoms with E-state index in [1.54, 1.807) is 0 Å². The average molecular weight is 306 g/mol. The lowest BCUT2D eigenvalue weighted by Crippen LogP contribution is -2.55. The van der Waals surface area contributed by atoms with Crippen LogP contribution in [0.1, 0.15) is 71.6 Å². The molecule has 4 aliphatic rings. The van der Waals surface area contributed by atoms with Gasteiger partial charge in [0.1, 0.15) is 5.78 Å². The maximum Gasteiger partial charge on any atom is 0.162 e. The van der Waals surface area contributed by atoms with Gasteiger partial charge < -0.3 is 10.2 Å². The maximum absolute atomic E-state index is 12.1. The molecule has 0 heterocycles. The van der Waals surface area contributed by atoms with Gasteiger partial charge in [-0.05, 0) is 66.6 Å². The molecule has 0 bridgehead atoms. The van der Waals surface area contributed by atoms with Crippen molar-refractivity contribution >= 4 is 5.78 Å². The number of Topliss-reactive ketones (excluding diaryl/α,β-unsaturated/α-hetero) is 1. The summed E-state index contributed by atoms with van der Waals surface area (Å²) >= 11 is 0. The number of hydrogen-bond donors (Lipinski definition) is 2. The molecule has 2 N–H and O–H groups in total. The monoisotopic (exact) mass is 306 g/mol. The van der Waals surface area contributed by atoms with Crippen LogP contribution in [-0.4, -0.2) is 21.8 Å². The van der Waals surface area contributed by atoms with Crippen LogP contribution in [0, 0.1) is 34.5 Å². The van der Waals surface area contributed by atoms with E-state index in [-0.39, 0.29) is 10.8 Å². The minimum absolute atomic E-state index is 0.255. The highest BCUT2D eigenvalue weighted by Gasteiger charge is 2.60. The first kappa shape index (κ1) is 15.1. The standard InChI is InChI=1S/C19H30O3/c1-17-6-5-15-14(16(17)9-13(20)11-17)4-3-12-10-19(21,22)8-7-18(12,15)2/h12,14-16,21-22H,3-11H2,1-2H3/t12?,14-,15+,16+,17-,18+/m1/s1. The van der Waals surface area contributed by atoms with E-state index in [9.17, 15) is 15.0 Å². The molecule has 1 unspecified atom stereocenters. The molecule has 0 aromatic heterocycles. The molecule has 0 aliphatic heterocycles. The predicted molar refractivity (Wildman–Crippen MR) is 83.9 cm³/mol. The summed E-state index contributed by atoms with van der Waals surface area (Å²) in [6.07, 6.45) is 8.34. The molecule has 22 heavy (non-hydrogen) atoms. The first-order valence-electron chi connectivity index (χ1n) is 9.20. The van der Waals surface area contributed by atoms with Crippen molar-refractivity contribution in [1.82, 2.24) is 0 Å². The van der Waals surface area contributed by atoms with Crippen molar-refractivity contribution < 1.29 is 15.0 Å². The Balaban J connectivity index is 1.63. The van der Waals surface area contributed by atoms with Crippen molar-refractivity contribution in [3.63, 3.8) is 0 Å². The molecule has 0 aromatic rings. The van der Waals surface area contributed by atoms with Gasteiger partial charge in [0.05, 0.1) is 0 Å². The van der Waals surface area contributed by atoms with Crippen LogP contribution in [0.4, 0.5) is 0 Å². The number of hydrogen-bond acceptors (Lipinski definition) is 3. The van der Waals surface area contributed by atoms with Gasteiger partial charge >= 0.3 is 0 Å². The summed E-state index contributed by atoms with van der Waals surface area (Å²) in [6.45, 7) is 4.75. The minimum Gasteiger partial charge on any atom is -0.366 e. The van der Waals surface area contributed by atoms with Crippen LogP contribution in [0.2, 0.25) is 0 Å². The first-order chi connectivity index (χ1) is 10.2. The zero-order valence-electron chi connectivity index (χ0n) is 14.0. The lowest BCUT2D eigenvalue weighted by atomic mass is 9.45. The molecule has 4 saturated carbocycles. The number of rotatable bonds is 0. The highest BCUT2D eigenvalue weighted by atomic mass is 16.5. The highest BCUT2D eigenvalue weighted by Crippen LogP contribution is 2.66. The van der Waals surface area contributed by atoms with Crippen molar-refractivity contribution in [2.75, 3.05) is 0 Å². The van der Waals surface area contributed by atoms with Gasteiger partial charge in [-0.1, -0.05) is 13.8 Å². The molecule has 0 saturated heterocycles. The normalized spacial score (nSPS) is 53.5. The first-order valence-corrected chi connectivity index (χ1v) is 9.20. The Kier molecular flexibility index (Phi) is 3.14. The van der Waals surface area contributed by atoms with Crippen LogP contribution >= 0.6 is 0 Å². The fourth-order valence-corrected chi connectivity index (χ4v) is 7.01. The van der Waals surface area contributed by atoms with Crippen LogP contribution in [0.25, 0.3) is 0 Å². The molecule has 0 radical (unpaired) electrons. The Hall–Kier alpha value is -0.410. The Morgan fingerprint density at radius 3 is 2.55 bits per heavy atom. The highest BCUT2D eigenvalue weighted by molar-refractivity contribution is 5.82. The predicted octanol–water partition coefficient (Wildman–Crippen LogP) is 3.28. The summed E-state index contributed by atoms with van der Waals surface area (Å²) in [7, 11) is 0. The zero-order valence-corrected chi connectivity index (χ0v) is 14.0. The number of carbonyl (C=O) groups excluding carboxylic acids is 1. The molecule has 0 amide bonds. The number of ketones is 1. The van der Waals surface area contributed by atoms with Gasteiger partial charge in [0.25, 0.3) is 0 Å². The molecule has 0 spiro atoms. The minimum atomic E-state index is -1.44. The van der Waals surface area contributed by atoms with Crippen molar-refractivity contribution in [3.05, 3.63) is 0 Å². The third kappa shape index (κ3) is 2.04. The van der Waals surface area contributed by atoms with E-state index in [0.29, 0.717) is 42.3 Å². The molecule has 4 aliphatic carbocycles. The van der Waals surface area contributed by atoms with Gasteiger partial charge in [-0.15, -0.1) is 0 Å². The molecule has 4 fully saturated rings. The molecule has 3 nitrogen and oxygen atoms in total. The van der Waals surface area contributed by atoms with E-state index in [1.165, 1.54) is 19.3 Å². The molecule has 124 valence electrons. The molecular formula is C19H30O3. The molecule has 0 aromatic carbocycles. The third-order valence-corrected chi connectivity index (χ3v) is 8.27. The maximum atomic E-state index is 12.1. The van der Waals surface area contributed by atoms with E-state index in [2.05, 4.69) is 13.8 Å². The molecule has 6 atom stereocenters. The largest absolute Gasteiger partial charge is 0.366 e. The topological polar surface area (TPSA) is 57.5 Å². The van der Waals surface area contributed by atoms with Gasteiger partial charge in [0.15, 0.2) is 5.79 Å². The van der Waals surface area contributed by atoms with Crippen LogP contribution in [0.3, 0.4) is 0 Å². The zero-order chi connectivity index (χ0) is 15.8. The van der Waals surface area contributed by atoms with Crippen molar-refractivity contribution in [3.8, 4) is 0 Å². The summed E-state index contributed by atoms with van der Waals surface area (Å²) < 4.78 is 0. The lowest BCUT2D eigenvalue weighted by molar-refractivity contribution is -0.232. The summed E-state index contributed by atoms with van der Waals surface area (Å²) in [5.74, 6) is 1.45. The van der Waals surface area contributed by atoms with Crippen LogP contribution < -0.4 is 0 Å². The summed E-state index contributed by atoms with van der Waals surface area (Å²) in [5, 5.41) is 20.1. The second-order valence-corrected chi connectivity index (χ2v) is 9.46. The lowest BCUT2D eigenvalue weighted by Gasteiger charge is -2.60. The van der Waals surface area contributed by atoms with Crippen molar-refractivity contribution in [2.45, 2.75) is 77.4 Å². The smallest absolute Gasteiger partial charge is 0.162 e. The Bertz CT molecular complexity index is 499. The Morgan fingerprint density at radius 1 is 1.00 bits per heavy atom. The fourth-order valence-electron chi connectivity index (χ4n) is 7.01. The Morgan fingerprint density at radius 2 is 1.77 bits per heavy atom. The summed E-state index contributed by atoms with van der Waals surface area (Å²) in [5.41, 5.74) is 0.513. The van der Waals surface area contributed by atoms with Gasteiger partial charge in [-0.3, -0.25) is 4.79 Å². The second kappa shape index (κ2) is 4.57. The average Bonchev–Trinajstić information content (AvgIpc) is 2.74. The molecular weight excluding hydrogens is 276 g/mol. The number of carbonyl (C=O) groups is 1. The summed E-state index contributed by atoms with van der Waals surface area (Å²) in [4.78, 5) is 12.1. The van der Waals surface area contributed by atoms with Crippen LogP contribution in [0.15, 0.2) is 0 Å². The van der Waals surface area contributed by atoms with Gasteiger partial charge in [0, 0.05) is 25.7 Å². The van der Waals surface area contributed by atoms with E-state index in [0.717, 1.165) is 25.7 Å². The number of aliphatic hydroxyl groups is 2. The van der Waals surface area contributed by atoms with E-state index in [4.69, 9.17) is 0 Å². The molecule has 3 heteroatoms. The fraction of sp³-hybridized carbons (Fsp3) is 0.947. The van der Waals surface area contributed by atoms with Crippen LogP contribution in [0.5, 0.6) is 0 Å².